The highest BCUT2D eigenvalue weighted by Gasteiger charge is 2.09. The van der Waals surface area contributed by atoms with Gasteiger partial charge < -0.3 is 0 Å². The van der Waals surface area contributed by atoms with Crippen LogP contribution in [0.2, 0.25) is 5.02 Å². The molecule has 0 aliphatic heterocycles. The van der Waals surface area contributed by atoms with Crippen LogP contribution in [0.5, 0.6) is 0 Å². The third-order valence-electron chi connectivity index (χ3n) is 2.86. The quantitative estimate of drug-likeness (QED) is 0.742. The van der Waals surface area contributed by atoms with Crippen molar-refractivity contribution in [2.45, 2.75) is 0 Å². The summed E-state index contributed by atoms with van der Waals surface area (Å²) in [4.78, 5) is 5.17. The molecule has 0 saturated carbocycles. The Morgan fingerprint density at radius 3 is 2.43 bits per heavy atom. The average molecular weight is 301 g/mol. The van der Waals surface area contributed by atoms with Gasteiger partial charge in [-0.25, -0.2) is 4.39 Å². The number of aromatic nitrogens is 4. The van der Waals surface area contributed by atoms with E-state index in [4.69, 9.17) is 11.6 Å². The zero-order valence-corrected chi connectivity index (χ0v) is 11.6. The first kappa shape index (κ1) is 13.5. The monoisotopic (exact) mass is 300 g/mol. The van der Waals surface area contributed by atoms with Gasteiger partial charge in [0.1, 0.15) is 5.69 Å². The summed E-state index contributed by atoms with van der Waals surface area (Å²) < 4.78 is 14.0. The Morgan fingerprint density at radius 2 is 1.71 bits per heavy atom. The molecule has 0 aliphatic carbocycles. The van der Waals surface area contributed by atoms with Crippen LogP contribution in [0.25, 0.3) is 17.8 Å². The van der Waals surface area contributed by atoms with Gasteiger partial charge in [0.25, 0.3) is 0 Å². The minimum atomic E-state index is -0.435. The van der Waals surface area contributed by atoms with Crippen molar-refractivity contribution < 1.29 is 4.39 Å². The van der Waals surface area contributed by atoms with Gasteiger partial charge in [-0.3, -0.25) is 4.98 Å². The standard InChI is InChI=1S/C15H10ClFN4/c16-12-4-1-11(2-5-12)3-6-13-14(17)9-18-10-15(13)21-19-7-8-20-21/h1-10H. The second kappa shape index (κ2) is 5.85. The summed E-state index contributed by atoms with van der Waals surface area (Å²) in [5.41, 5.74) is 1.76. The zero-order valence-electron chi connectivity index (χ0n) is 10.8. The summed E-state index contributed by atoms with van der Waals surface area (Å²) in [7, 11) is 0. The van der Waals surface area contributed by atoms with Crippen LogP contribution in [0, 0.1) is 5.82 Å². The van der Waals surface area contributed by atoms with Crippen molar-refractivity contribution in [3.63, 3.8) is 0 Å². The number of halogens is 2. The molecule has 3 rings (SSSR count). The van der Waals surface area contributed by atoms with Gasteiger partial charge in [-0.1, -0.05) is 29.8 Å². The third kappa shape index (κ3) is 2.98. The minimum absolute atomic E-state index is 0.371. The van der Waals surface area contributed by atoms with Crippen LogP contribution in [0.4, 0.5) is 4.39 Å². The summed E-state index contributed by atoms with van der Waals surface area (Å²) >= 11 is 5.83. The maximum absolute atomic E-state index is 14.0. The summed E-state index contributed by atoms with van der Waals surface area (Å²) in [6, 6.07) is 7.26. The molecular weight excluding hydrogens is 291 g/mol. The van der Waals surface area contributed by atoms with Crippen molar-refractivity contribution in [1.82, 2.24) is 20.0 Å². The Balaban J connectivity index is 2.00. The number of pyridine rings is 1. The normalized spacial score (nSPS) is 11.1. The fraction of sp³-hybridized carbons (Fsp3) is 0. The summed E-state index contributed by atoms with van der Waals surface area (Å²) in [5.74, 6) is -0.435. The molecule has 0 bridgehead atoms. The first-order chi connectivity index (χ1) is 10.2. The Kier molecular flexibility index (Phi) is 3.75. The molecule has 0 unspecified atom stereocenters. The smallest absolute Gasteiger partial charge is 0.150 e. The topological polar surface area (TPSA) is 43.6 Å². The number of hydrogen-bond donors (Lipinski definition) is 0. The van der Waals surface area contributed by atoms with Crippen molar-refractivity contribution in [1.29, 1.82) is 0 Å². The van der Waals surface area contributed by atoms with Crippen LogP contribution < -0.4 is 0 Å². The van der Waals surface area contributed by atoms with Crippen LogP contribution in [0.1, 0.15) is 11.1 Å². The van der Waals surface area contributed by atoms with Gasteiger partial charge in [0.15, 0.2) is 5.82 Å². The molecule has 21 heavy (non-hydrogen) atoms. The molecule has 0 fully saturated rings. The van der Waals surface area contributed by atoms with E-state index in [2.05, 4.69) is 15.2 Å². The number of hydrogen-bond acceptors (Lipinski definition) is 3. The van der Waals surface area contributed by atoms with Gasteiger partial charge in [-0.15, -0.1) is 4.80 Å². The van der Waals surface area contributed by atoms with Gasteiger partial charge in [-0.05, 0) is 23.8 Å². The summed E-state index contributed by atoms with van der Waals surface area (Å²) in [5, 5.41) is 8.66. The van der Waals surface area contributed by atoms with E-state index in [1.165, 1.54) is 23.4 Å². The molecule has 0 spiro atoms. The van der Waals surface area contributed by atoms with E-state index in [1.807, 2.05) is 12.1 Å². The minimum Gasteiger partial charge on any atom is -0.259 e. The van der Waals surface area contributed by atoms with Crippen molar-refractivity contribution in [3.05, 3.63) is 71.0 Å². The second-order valence-corrected chi connectivity index (χ2v) is 4.69. The molecule has 4 nitrogen and oxygen atoms in total. The molecule has 2 heterocycles. The lowest BCUT2D eigenvalue weighted by Crippen LogP contribution is -2.03. The third-order valence-corrected chi connectivity index (χ3v) is 3.12. The van der Waals surface area contributed by atoms with E-state index >= 15 is 0 Å². The van der Waals surface area contributed by atoms with Gasteiger partial charge in [0.2, 0.25) is 0 Å². The van der Waals surface area contributed by atoms with Crippen LogP contribution in [-0.4, -0.2) is 20.0 Å². The maximum Gasteiger partial charge on any atom is 0.150 e. The van der Waals surface area contributed by atoms with E-state index in [0.29, 0.717) is 16.3 Å². The van der Waals surface area contributed by atoms with Crippen LogP contribution in [0.15, 0.2) is 49.1 Å². The molecular formula is C15H10ClFN4. The van der Waals surface area contributed by atoms with Crippen molar-refractivity contribution in [3.8, 4) is 5.69 Å². The predicted molar refractivity (Wildman–Crippen MR) is 79.5 cm³/mol. The first-order valence-corrected chi connectivity index (χ1v) is 6.56. The summed E-state index contributed by atoms with van der Waals surface area (Å²) in [6.07, 6.45) is 9.19. The highest BCUT2D eigenvalue weighted by atomic mass is 35.5. The van der Waals surface area contributed by atoms with Gasteiger partial charge in [0, 0.05) is 10.6 Å². The fourth-order valence-corrected chi connectivity index (χ4v) is 1.98. The van der Waals surface area contributed by atoms with Crippen molar-refractivity contribution >= 4 is 23.8 Å². The van der Waals surface area contributed by atoms with E-state index in [9.17, 15) is 4.39 Å². The molecule has 0 radical (unpaired) electrons. The van der Waals surface area contributed by atoms with Crippen LogP contribution in [0.3, 0.4) is 0 Å². The first-order valence-electron chi connectivity index (χ1n) is 6.18. The number of benzene rings is 1. The van der Waals surface area contributed by atoms with Crippen molar-refractivity contribution in [2.75, 3.05) is 0 Å². The van der Waals surface area contributed by atoms with Crippen LogP contribution >= 0.6 is 11.6 Å². The molecule has 0 saturated heterocycles. The van der Waals surface area contributed by atoms with Gasteiger partial charge in [-0.2, -0.15) is 10.2 Å². The lowest BCUT2D eigenvalue weighted by Gasteiger charge is -2.05. The van der Waals surface area contributed by atoms with E-state index in [1.54, 1.807) is 24.3 Å². The molecule has 6 heteroatoms. The van der Waals surface area contributed by atoms with Crippen molar-refractivity contribution in [2.24, 2.45) is 0 Å². The van der Waals surface area contributed by atoms with Gasteiger partial charge >= 0.3 is 0 Å². The lowest BCUT2D eigenvalue weighted by molar-refractivity contribution is 0.612. The Hall–Kier alpha value is -2.53. The van der Waals surface area contributed by atoms with Gasteiger partial charge in [0.05, 0.1) is 24.8 Å². The largest absolute Gasteiger partial charge is 0.259 e. The second-order valence-electron chi connectivity index (χ2n) is 4.26. The van der Waals surface area contributed by atoms with E-state index < -0.39 is 5.82 Å². The molecule has 0 N–H and O–H groups in total. The maximum atomic E-state index is 14.0. The number of rotatable bonds is 3. The highest BCUT2D eigenvalue weighted by Crippen LogP contribution is 2.19. The Bertz CT molecular complexity index is 767. The van der Waals surface area contributed by atoms with E-state index in [0.717, 1.165) is 11.8 Å². The zero-order chi connectivity index (χ0) is 14.7. The average Bonchev–Trinajstić information content (AvgIpc) is 3.01. The fourth-order valence-electron chi connectivity index (χ4n) is 1.85. The van der Waals surface area contributed by atoms with E-state index in [-0.39, 0.29) is 0 Å². The molecule has 0 aliphatic rings. The summed E-state index contributed by atoms with van der Waals surface area (Å²) in [6.45, 7) is 0. The predicted octanol–water partition coefficient (Wildman–Crippen LogP) is 3.63. The molecule has 0 amide bonds. The highest BCUT2D eigenvalue weighted by molar-refractivity contribution is 6.30. The molecule has 0 atom stereocenters. The lowest BCUT2D eigenvalue weighted by atomic mass is 10.1. The Labute approximate surface area is 125 Å². The Morgan fingerprint density at radius 1 is 1.00 bits per heavy atom. The molecule has 104 valence electrons. The molecule has 1 aromatic carbocycles. The molecule has 2 aromatic heterocycles. The SMILES string of the molecule is Fc1cncc(-n2nccn2)c1C=Cc1ccc(Cl)cc1. The van der Waals surface area contributed by atoms with Crippen LogP contribution in [-0.2, 0) is 0 Å². The molecule has 3 aromatic rings. The number of nitrogens with zero attached hydrogens (tertiary/aromatic N) is 4.